The van der Waals surface area contributed by atoms with Crippen LogP contribution in [0.15, 0.2) is 12.4 Å². The maximum atomic E-state index is 12.9. The third-order valence-corrected chi connectivity index (χ3v) is 4.77. The Morgan fingerprint density at radius 3 is 2.73 bits per heavy atom. The summed E-state index contributed by atoms with van der Waals surface area (Å²) in [4.78, 5) is 7.47. The van der Waals surface area contributed by atoms with E-state index in [-0.39, 0.29) is 5.69 Å². The van der Waals surface area contributed by atoms with E-state index in [1.807, 2.05) is 0 Å². The van der Waals surface area contributed by atoms with Crippen LogP contribution in [0.3, 0.4) is 0 Å². The number of nitrogens with zero attached hydrogens (tertiary/aromatic N) is 5. The quantitative estimate of drug-likeness (QED) is 0.709. The molecule has 0 unspecified atom stereocenters. The Morgan fingerprint density at radius 2 is 2.09 bits per heavy atom. The Labute approximate surface area is 130 Å². The van der Waals surface area contributed by atoms with Crippen LogP contribution >= 0.6 is 23.1 Å². The fourth-order valence-electron chi connectivity index (χ4n) is 2.20. The number of halogens is 4. The molecule has 0 bridgehead atoms. The lowest BCUT2D eigenvalue weighted by molar-refractivity contribution is -0.134. The van der Waals surface area contributed by atoms with E-state index in [4.69, 9.17) is 11.6 Å². The molecule has 1 saturated carbocycles. The third-order valence-electron chi connectivity index (χ3n) is 3.40. The third kappa shape index (κ3) is 2.15. The first-order valence-electron chi connectivity index (χ1n) is 6.38. The normalized spacial score (nSPS) is 15.6. The van der Waals surface area contributed by atoms with Crippen LogP contribution in [-0.2, 0) is 6.18 Å². The van der Waals surface area contributed by atoms with Crippen molar-refractivity contribution in [2.75, 3.05) is 0 Å². The van der Waals surface area contributed by atoms with Gasteiger partial charge in [0.05, 0.1) is 10.7 Å². The summed E-state index contributed by atoms with van der Waals surface area (Å²) in [6, 6.07) is 1.69. The summed E-state index contributed by atoms with van der Waals surface area (Å²) < 4.78 is 43.9. The van der Waals surface area contributed by atoms with E-state index >= 15 is 0 Å². The minimum atomic E-state index is -4.53. The van der Waals surface area contributed by atoms with Crippen molar-refractivity contribution in [3.05, 3.63) is 28.0 Å². The Hall–Kier alpha value is -1.74. The van der Waals surface area contributed by atoms with E-state index in [2.05, 4.69) is 19.4 Å². The van der Waals surface area contributed by atoms with Crippen molar-refractivity contribution in [2.45, 2.75) is 24.9 Å². The second kappa shape index (κ2) is 4.63. The molecule has 114 valence electrons. The lowest BCUT2D eigenvalue weighted by Crippen LogP contribution is -2.03. The predicted octanol–water partition coefficient (Wildman–Crippen LogP) is 3.80. The predicted molar refractivity (Wildman–Crippen MR) is 73.9 cm³/mol. The number of hydrogen-bond donors (Lipinski definition) is 0. The van der Waals surface area contributed by atoms with Gasteiger partial charge in [-0.25, -0.2) is 4.98 Å². The van der Waals surface area contributed by atoms with Crippen LogP contribution in [0.2, 0.25) is 5.02 Å². The van der Waals surface area contributed by atoms with Gasteiger partial charge in [-0.2, -0.15) is 32.1 Å². The molecule has 10 heteroatoms. The standard InChI is InChI=1S/C12H7ClF3N5S/c13-8-9(20-22-10(8)12(14,15)16)7-3-6(5-1-2-5)19-11-17-4-18-21(7)11/h3-5H,1-2H2. The molecular weight excluding hydrogens is 339 g/mol. The van der Waals surface area contributed by atoms with Crippen molar-refractivity contribution in [1.82, 2.24) is 24.0 Å². The summed E-state index contributed by atoms with van der Waals surface area (Å²) in [5, 5.41) is 3.58. The van der Waals surface area contributed by atoms with Crippen molar-refractivity contribution in [2.24, 2.45) is 0 Å². The van der Waals surface area contributed by atoms with Gasteiger partial charge in [0, 0.05) is 11.6 Å². The number of fused-ring (bicyclic) bond motifs is 1. The molecule has 3 aromatic rings. The zero-order valence-corrected chi connectivity index (χ0v) is 12.4. The first kappa shape index (κ1) is 13.9. The van der Waals surface area contributed by atoms with Gasteiger partial charge >= 0.3 is 6.18 Å². The zero-order valence-electron chi connectivity index (χ0n) is 10.8. The molecule has 0 radical (unpaired) electrons. The van der Waals surface area contributed by atoms with Crippen LogP contribution in [-0.4, -0.2) is 24.0 Å². The Kier molecular flexibility index (Phi) is 2.92. The van der Waals surface area contributed by atoms with Crippen LogP contribution < -0.4 is 0 Å². The lowest BCUT2D eigenvalue weighted by Gasteiger charge is -2.06. The van der Waals surface area contributed by atoms with Crippen LogP contribution in [0.1, 0.15) is 29.3 Å². The van der Waals surface area contributed by atoms with Crippen LogP contribution in [0.4, 0.5) is 13.2 Å². The topological polar surface area (TPSA) is 56.0 Å². The number of rotatable bonds is 2. The molecule has 0 saturated heterocycles. The Bertz CT molecular complexity index is 867. The highest BCUT2D eigenvalue weighted by atomic mass is 35.5. The summed E-state index contributed by atoms with van der Waals surface area (Å²) >= 11 is 6.23. The molecule has 22 heavy (non-hydrogen) atoms. The van der Waals surface area contributed by atoms with Crippen molar-refractivity contribution < 1.29 is 13.2 Å². The maximum absolute atomic E-state index is 12.9. The Morgan fingerprint density at radius 1 is 1.32 bits per heavy atom. The molecule has 0 atom stereocenters. The minimum Gasteiger partial charge on any atom is -0.216 e. The summed E-state index contributed by atoms with van der Waals surface area (Å²) in [6.07, 6.45) is -1.21. The molecular formula is C12H7ClF3N5S. The van der Waals surface area contributed by atoms with Crippen LogP contribution in [0, 0.1) is 0 Å². The zero-order chi connectivity index (χ0) is 15.5. The van der Waals surface area contributed by atoms with E-state index in [0.29, 0.717) is 28.9 Å². The number of aromatic nitrogens is 5. The van der Waals surface area contributed by atoms with Gasteiger partial charge in [-0.15, -0.1) is 0 Å². The largest absolute Gasteiger partial charge is 0.428 e. The van der Waals surface area contributed by atoms with Crippen molar-refractivity contribution in [3.8, 4) is 11.4 Å². The molecule has 3 heterocycles. The molecule has 0 amide bonds. The van der Waals surface area contributed by atoms with Gasteiger partial charge in [0.15, 0.2) is 0 Å². The molecule has 4 rings (SSSR count). The highest BCUT2D eigenvalue weighted by Crippen LogP contribution is 2.44. The molecule has 0 aliphatic heterocycles. The minimum absolute atomic E-state index is 0.0544. The average molecular weight is 346 g/mol. The molecule has 5 nitrogen and oxygen atoms in total. The van der Waals surface area contributed by atoms with Crippen LogP contribution in [0.25, 0.3) is 17.2 Å². The molecule has 0 aromatic carbocycles. The number of hydrogen-bond acceptors (Lipinski definition) is 5. The highest BCUT2D eigenvalue weighted by molar-refractivity contribution is 7.06. The van der Waals surface area contributed by atoms with E-state index in [9.17, 15) is 13.2 Å². The van der Waals surface area contributed by atoms with E-state index in [0.717, 1.165) is 18.5 Å². The van der Waals surface area contributed by atoms with Gasteiger partial charge in [0.25, 0.3) is 5.78 Å². The first-order chi connectivity index (χ1) is 10.4. The van der Waals surface area contributed by atoms with Crippen molar-refractivity contribution >= 4 is 28.9 Å². The molecule has 1 aliphatic rings. The molecule has 0 spiro atoms. The van der Waals surface area contributed by atoms with Crippen molar-refractivity contribution in [3.63, 3.8) is 0 Å². The van der Waals surface area contributed by atoms with Gasteiger partial charge < -0.3 is 0 Å². The van der Waals surface area contributed by atoms with E-state index in [1.54, 1.807) is 6.07 Å². The maximum Gasteiger partial charge on any atom is 0.428 e. The lowest BCUT2D eigenvalue weighted by atomic mass is 10.2. The van der Waals surface area contributed by atoms with Gasteiger partial charge in [-0.1, -0.05) is 11.6 Å². The summed E-state index contributed by atoms with van der Waals surface area (Å²) in [7, 11) is 0. The van der Waals surface area contributed by atoms with Gasteiger partial charge in [0.1, 0.15) is 16.9 Å². The summed E-state index contributed by atoms with van der Waals surface area (Å²) in [5.41, 5.74) is 1.22. The summed E-state index contributed by atoms with van der Waals surface area (Å²) in [5.74, 6) is 0.650. The fraction of sp³-hybridized carbons (Fsp3) is 0.333. The van der Waals surface area contributed by atoms with Crippen molar-refractivity contribution in [1.29, 1.82) is 0 Å². The summed E-state index contributed by atoms with van der Waals surface area (Å²) in [6.45, 7) is 0. The second-order valence-corrected chi connectivity index (χ2v) is 6.14. The molecule has 1 aliphatic carbocycles. The first-order valence-corrected chi connectivity index (χ1v) is 7.53. The second-order valence-electron chi connectivity index (χ2n) is 4.98. The number of alkyl halides is 3. The fourth-order valence-corrected chi connectivity index (χ4v) is 3.25. The van der Waals surface area contributed by atoms with Gasteiger partial charge in [-0.3, -0.25) is 0 Å². The van der Waals surface area contributed by atoms with Crippen LogP contribution in [0.5, 0.6) is 0 Å². The van der Waals surface area contributed by atoms with Gasteiger partial charge in [-0.05, 0) is 30.4 Å². The van der Waals surface area contributed by atoms with E-state index < -0.39 is 16.1 Å². The smallest absolute Gasteiger partial charge is 0.216 e. The van der Waals surface area contributed by atoms with E-state index in [1.165, 1.54) is 10.8 Å². The molecule has 0 N–H and O–H groups in total. The highest BCUT2D eigenvalue weighted by Gasteiger charge is 2.38. The Balaban J connectivity index is 1.94. The van der Waals surface area contributed by atoms with Gasteiger partial charge in [0.2, 0.25) is 0 Å². The SMILES string of the molecule is FC(F)(F)c1snc(-c2cc(C3CC3)nc3ncnn23)c1Cl. The average Bonchev–Trinajstić information content (AvgIpc) is 3.06. The molecule has 3 aromatic heterocycles. The molecule has 1 fully saturated rings. The monoisotopic (exact) mass is 345 g/mol.